The van der Waals surface area contributed by atoms with Gasteiger partial charge in [-0.3, -0.25) is 4.68 Å². The van der Waals surface area contributed by atoms with Gasteiger partial charge in [0.1, 0.15) is 12.2 Å². The molecule has 0 spiro atoms. The molecule has 86 valence electrons. The Morgan fingerprint density at radius 1 is 1.47 bits per heavy atom. The van der Waals surface area contributed by atoms with Crippen molar-refractivity contribution in [3.8, 4) is 0 Å². The highest BCUT2D eigenvalue weighted by Gasteiger charge is 2.25. The van der Waals surface area contributed by atoms with Crippen molar-refractivity contribution in [3.63, 3.8) is 0 Å². The molecule has 0 aromatic carbocycles. The van der Waals surface area contributed by atoms with Crippen molar-refractivity contribution in [2.45, 2.75) is 27.2 Å². The van der Waals surface area contributed by atoms with Crippen LogP contribution in [0.25, 0.3) is 0 Å². The minimum atomic E-state index is 0.287. The topological polar surface area (TPSA) is 42.7 Å². The molecule has 0 aliphatic heterocycles. The van der Waals surface area contributed by atoms with E-state index in [0.717, 1.165) is 18.8 Å². The van der Waals surface area contributed by atoms with Gasteiger partial charge in [-0.05, 0) is 24.9 Å². The zero-order valence-corrected chi connectivity index (χ0v) is 10.4. The largest absolute Gasteiger partial charge is 0.319 e. The van der Waals surface area contributed by atoms with Gasteiger partial charge in [0.2, 0.25) is 0 Å². The van der Waals surface area contributed by atoms with Crippen molar-refractivity contribution in [2.75, 3.05) is 13.6 Å². The van der Waals surface area contributed by atoms with Crippen LogP contribution in [0.5, 0.6) is 0 Å². The molecule has 1 heterocycles. The maximum absolute atomic E-state index is 4.28. The third-order valence-electron chi connectivity index (χ3n) is 2.91. The maximum Gasteiger partial charge on any atom is 0.138 e. The van der Waals surface area contributed by atoms with Gasteiger partial charge in [-0.2, -0.15) is 5.10 Å². The Balaban J connectivity index is 2.71. The molecule has 0 aliphatic rings. The van der Waals surface area contributed by atoms with E-state index >= 15 is 0 Å². The van der Waals surface area contributed by atoms with E-state index < -0.39 is 0 Å². The van der Waals surface area contributed by atoms with Gasteiger partial charge in [-0.1, -0.05) is 20.8 Å². The number of aromatic nitrogens is 3. The molecular formula is C11H22N4. The van der Waals surface area contributed by atoms with Crippen LogP contribution in [0, 0.1) is 11.3 Å². The molecule has 0 fully saturated rings. The lowest BCUT2D eigenvalue weighted by molar-refractivity contribution is 0.230. The van der Waals surface area contributed by atoms with Crippen molar-refractivity contribution in [1.82, 2.24) is 20.1 Å². The number of hydrogen-bond donors (Lipinski definition) is 1. The standard InChI is InChI=1S/C11H22N4/c1-11(2,3)9(7-12-4)6-10-13-8-14-15(10)5/h8-9,12H,6-7H2,1-5H3. The van der Waals surface area contributed by atoms with Gasteiger partial charge >= 0.3 is 0 Å². The Morgan fingerprint density at radius 2 is 2.13 bits per heavy atom. The van der Waals surface area contributed by atoms with Crippen molar-refractivity contribution >= 4 is 0 Å². The van der Waals surface area contributed by atoms with Gasteiger partial charge in [0.05, 0.1) is 0 Å². The molecule has 0 amide bonds. The SMILES string of the molecule is CNCC(Cc1ncnn1C)C(C)(C)C. The summed E-state index contributed by atoms with van der Waals surface area (Å²) in [6.07, 6.45) is 2.59. The van der Waals surface area contributed by atoms with Crippen LogP contribution < -0.4 is 5.32 Å². The molecule has 1 rings (SSSR count). The van der Waals surface area contributed by atoms with Gasteiger partial charge in [-0.15, -0.1) is 0 Å². The van der Waals surface area contributed by atoms with Gasteiger partial charge in [-0.25, -0.2) is 4.98 Å². The fourth-order valence-corrected chi connectivity index (χ4v) is 1.66. The fraction of sp³-hybridized carbons (Fsp3) is 0.818. The second kappa shape index (κ2) is 4.75. The molecule has 1 unspecified atom stereocenters. The van der Waals surface area contributed by atoms with E-state index in [1.54, 1.807) is 6.33 Å². The highest BCUT2D eigenvalue weighted by molar-refractivity contribution is 4.90. The quantitative estimate of drug-likeness (QED) is 0.813. The molecule has 0 radical (unpaired) electrons. The van der Waals surface area contributed by atoms with E-state index in [1.807, 2.05) is 18.8 Å². The minimum Gasteiger partial charge on any atom is -0.319 e. The van der Waals surface area contributed by atoms with Gasteiger partial charge in [0.15, 0.2) is 0 Å². The summed E-state index contributed by atoms with van der Waals surface area (Å²) in [5.41, 5.74) is 0.287. The van der Waals surface area contributed by atoms with E-state index in [0.29, 0.717) is 5.92 Å². The molecule has 1 aromatic rings. The van der Waals surface area contributed by atoms with E-state index in [-0.39, 0.29) is 5.41 Å². The molecule has 0 aliphatic carbocycles. The lowest BCUT2D eigenvalue weighted by Crippen LogP contribution is -2.32. The first-order valence-corrected chi connectivity index (χ1v) is 5.42. The summed E-state index contributed by atoms with van der Waals surface area (Å²) in [7, 11) is 3.94. The molecule has 15 heavy (non-hydrogen) atoms. The van der Waals surface area contributed by atoms with Gasteiger partial charge in [0.25, 0.3) is 0 Å². The first-order valence-electron chi connectivity index (χ1n) is 5.42. The molecule has 0 bridgehead atoms. The Kier molecular flexibility index (Phi) is 3.85. The Bertz CT molecular complexity index is 298. The third-order valence-corrected chi connectivity index (χ3v) is 2.91. The van der Waals surface area contributed by atoms with Crippen LogP contribution in [-0.2, 0) is 13.5 Å². The Hall–Kier alpha value is -0.900. The molecular weight excluding hydrogens is 188 g/mol. The average Bonchev–Trinajstić information content (AvgIpc) is 2.49. The lowest BCUT2D eigenvalue weighted by atomic mass is 9.78. The predicted octanol–water partition coefficient (Wildman–Crippen LogP) is 1.24. The summed E-state index contributed by atoms with van der Waals surface area (Å²) in [5, 5.41) is 7.35. The minimum absolute atomic E-state index is 0.287. The van der Waals surface area contributed by atoms with Crippen LogP contribution in [0.2, 0.25) is 0 Å². The Labute approximate surface area is 92.1 Å². The van der Waals surface area contributed by atoms with Crippen LogP contribution in [0.15, 0.2) is 6.33 Å². The average molecular weight is 210 g/mol. The normalized spacial score (nSPS) is 14.2. The molecule has 1 atom stereocenters. The van der Waals surface area contributed by atoms with Crippen molar-refractivity contribution in [3.05, 3.63) is 12.2 Å². The molecule has 1 N–H and O–H groups in total. The first-order chi connectivity index (χ1) is 6.95. The number of rotatable bonds is 4. The van der Waals surface area contributed by atoms with Crippen LogP contribution >= 0.6 is 0 Å². The van der Waals surface area contributed by atoms with Crippen LogP contribution in [-0.4, -0.2) is 28.4 Å². The zero-order chi connectivity index (χ0) is 11.5. The summed E-state index contributed by atoms with van der Waals surface area (Å²) in [4.78, 5) is 4.28. The van der Waals surface area contributed by atoms with Crippen molar-refractivity contribution in [1.29, 1.82) is 0 Å². The number of nitrogens with one attached hydrogen (secondary N) is 1. The van der Waals surface area contributed by atoms with Crippen LogP contribution in [0.3, 0.4) is 0 Å². The summed E-state index contributed by atoms with van der Waals surface area (Å²) in [5.74, 6) is 1.63. The maximum atomic E-state index is 4.28. The van der Waals surface area contributed by atoms with E-state index in [2.05, 4.69) is 36.2 Å². The van der Waals surface area contributed by atoms with Gasteiger partial charge < -0.3 is 5.32 Å². The van der Waals surface area contributed by atoms with Crippen LogP contribution in [0.1, 0.15) is 26.6 Å². The van der Waals surface area contributed by atoms with E-state index in [1.165, 1.54) is 0 Å². The molecule has 0 saturated carbocycles. The second-order valence-electron chi connectivity index (χ2n) is 5.12. The molecule has 1 aromatic heterocycles. The highest BCUT2D eigenvalue weighted by Crippen LogP contribution is 2.27. The van der Waals surface area contributed by atoms with Gasteiger partial charge in [0, 0.05) is 13.5 Å². The number of nitrogens with zero attached hydrogens (tertiary/aromatic N) is 3. The van der Waals surface area contributed by atoms with Crippen molar-refractivity contribution < 1.29 is 0 Å². The fourth-order valence-electron chi connectivity index (χ4n) is 1.66. The highest BCUT2D eigenvalue weighted by atomic mass is 15.3. The predicted molar refractivity (Wildman–Crippen MR) is 61.6 cm³/mol. The summed E-state index contributed by atoms with van der Waals surface area (Å²) in [6.45, 7) is 7.82. The first kappa shape index (κ1) is 12.2. The monoisotopic (exact) mass is 210 g/mol. The summed E-state index contributed by atoms with van der Waals surface area (Å²) in [6, 6.07) is 0. The molecule has 0 saturated heterocycles. The number of aryl methyl sites for hydroxylation is 1. The number of hydrogen-bond acceptors (Lipinski definition) is 3. The summed E-state index contributed by atoms with van der Waals surface area (Å²) < 4.78 is 1.86. The van der Waals surface area contributed by atoms with E-state index in [4.69, 9.17) is 0 Å². The van der Waals surface area contributed by atoms with Crippen LogP contribution in [0.4, 0.5) is 0 Å². The summed E-state index contributed by atoms with van der Waals surface area (Å²) >= 11 is 0. The molecule has 4 heteroatoms. The lowest BCUT2D eigenvalue weighted by Gasteiger charge is -2.30. The Morgan fingerprint density at radius 3 is 2.53 bits per heavy atom. The molecule has 4 nitrogen and oxygen atoms in total. The zero-order valence-electron chi connectivity index (χ0n) is 10.4. The third kappa shape index (κ3) is 3.30. The second-order valence-corrected chi connectivity index (χ2v) is 5.12. The smallest absolute Gasteiger partial charge is 0.138 e. The van der Waals surface area contributed by atoms with E-state index in [9.17, 15) is 0 Å². The van der Waals surface area contributed by atoms with Crippen molar-refractivity contribution in [2.24, 2.45) is 18.4 Å².